The van der Waals surface area contributed by atoms with Gasteiger partial charge in [-0.15, -0.1) is 0 Å². The second-order valence-corrected chi connectivity index (χ2v) is 15.6. The maximum atomic E-state index is 5.44. The average Bonchev–Trinajstić information content (AvgIpc) is 3.65. The minimum absolute atomic E-state index is 0.617. The summed E-state index contributed by atoms with van der Waals surface area (Å²) >= 11 is 0. The zero-order valence-corrected chi connectivity index (χ0v) is 33.1. The predicted molar refractivity (Wildman–Crippen MR) is 254 cm³/mol. The molecule has 0 bridgehead atoms. The van der Waals surface area contributed by atoms with E-state index in [4.69, 9.17) is 15.0 Å². The fourth-order valence-electron chi connectivity index (χ4n) is 9.06. The van der Waals surface area contributed by atoms with Crippen molar-refractivity contribution < 1.29 is 0 Å². The third-order valence-electron chi connectivity index (χ3n) is 12.0. The lowest BCUT2D eigenvalue weighted by molar-refractivity contribution is 1.08. The van der Waals surface area contributed by atoms with Gasteiger partial charge in [0.25, 0.3) is 0 Å². The van der Waals surface area contributed by atoms with Crippen molar-refractivity contribution in [3.05, 3.63) is 218 Å². The standard InChI is InChI=1S/C57H36N4/c1-4-16-37(17-5-1)44-30-31-47-50(34-44)54(57-59-55(40-21-8-3-9-22-40)58-56(60-57)45-29-28-38-18-10-11-23-41(38)32-45)48(39-19-6-2-7-20-39)36-53(47)61-51-27-15-14-26-46(51)49-33-42-24-12-13-25-43(42)35-52(49)61/h1-36H. The number of para-hydroxylation sites is 1. The van der Waals surface area contributed by atoms with Crippen LogP contribution in [0.3, 0.4) is 0 Å². The van der Waals surface area contributed by atoms with E-state index in [-0.39, 0.29) is 0 Å². The Hall–Kier alpha value is -8.21. The Kier molecular flexibility index (Phi) is 8.13. The Bertz CT molecular complexity index is 3630. The fraction of sp³-hybridized carbons (Fsp3) is 0. The molecule has 0 amide bonds. The largest absolute Gasteiger partial charge is 0.309 e. The molecule has 2 aromatic heterocycles. The van der Waals surface area contributed by atoms with Gasteiger partial charge in [0.15, 0.2) is 17.5 Å². The molecule has 0 N–H and O–H groups in total. The molecule has 4 heteroatoms. The van der Waals surface area contributed by atoms with Crippen LogP contribution in [0.4, 0.5) is 0 Å². The zero-order chi connectivity index (χ0) is 40.3. The van der Waals surface area contributed by atoms with E-state index in [1.54, 1.807) is 0 Å². The molecule has 0 aliphatic heterocycles. The van der Waals surface area contributed by atoms with Crippen molar-refractivity contribution >= 4 is 54.1 Å². The molecule has 4 nitrogen and oxygen atoms in total. The van der Waals surface area contributed by atoms with Crippen LogP contribution in [0, 0.1) is 0 Å². The third-order valence-corrected chi connectivity index (χ3v) is 12.0. The first-order chi connectivity index (χ1) is 30.2. The Labute approximate surface area is 352 Å². The lowest BCUT2D eigenvalue weighted by Crippen LogP contribution is -2.04. The van der Waals surface area contributed by atoms with Crippen LogP contribution in [0.5, 0.6) is 0 Å². The average molecular weight is 777 g/mol. The zero-order valence-electron chi connectivity index (χ0n) is 33.1. The molecule has 12 rings (SSSR count). The van der Waals surface area contributed by atoms with Gasteiger partial charge in [0.05, 0.1) is 16.7 Å². The maximum Gasteiger partial charge on any atom is 0.165 e. The monoisotopic (exact) mass is 776 g/mol. The first-order valence-electron chi connectivity index (χ1n) is 20.7. The number of hydrogen-bond donors (Lipinski definition) is 0. The van der Waals surface area contributed by atoms with Gasteiger partial charge in [-0.1, -0.05) is 182 Å². The summed E-state index contributed by atoms with van der Waals surface area (Å²) in [6.45, 7) is 0. The highest BCUT2D eigenvalue weighted by Gasteiger charge is 2.24. The van der Waals surface area contributed by atoms with Crippen LogP contribution < -0.4 is 0 Å². The van der Waals surface area contributed by atoms with E-state index >= 15 is 0 Å². The Morgan fingerprint density at radius 2 is 0.836 bits per heavy atom. The number of aromatic nitrogens is 4. The third kappa shape index (κ3) is 5.96. The van der Waals surface area contributed by atoms with Crippen LogP contribution >= 0.6 is 0 Å². The van der Waals surface area contributed by atoms with Crippen LogP contribution in [-0.4, -0.2) is 19.5 Å². The minimum atomic E-state index is 0.617. The second-order valence-electron chi connectivity index (χ2n) is 15.6. The summed E-state index contributed by atoms with van der Waals surface area (Å²) in [5.41, 5.74) is 10.6. The highest BCUT2D eigenvalue weighted by molar-refractivity contribution is 6.16. The lowest BCUT2D eigenvalue weighted by atomic mass is 9.90. The maximum absolute atomic E-state index is 5.44. The first kappa shape index (κ1) is 34.8. The van der Waals surface area contributed by atoms with Crippen molar-refractivity contribution in [3.63, 3.8) is 0 Å². The molecule has 0 unspecified atom stereocenters. The molecular weight excluding hydrogens is 741 g/mol. The van der Waals surface area contributed by atoms with Crippen LogP contribution in [0.2, 0.25) is 0 Å². The first-order valence-corrected chi connectivity index (χ1v) is 20.7. The predicted octanol–water partition coefficient (Wildman–Crippen LogP) is 14.8. The van der Waals surface area contributed by atoms with E-state index in [1.165, 1.54) is 26.9 Å². The molecule has 0 fully saturated rings. The SMILES string of the molecule is c1ccc(-c2ccc3c(-n4c5ccccc5c5cc6ccccc6cc54)cc(-c4ccccc4)c(-c4nc(-c5ccccc5)nc(-c5ccc6ccccc6c5)n4)c3c2)cc1. The van der Waals surface area contributed by atoms with Gasteiger partial charge in [-0.25, -0.2) is 15.0 Å². The smallest absolute Gasteiger partial charge is 0.165 e. The Balaban J connectivity index is 1.23. The van der Waals surface area contributed by atoms with Crippen molar-refractivity contribution in [3.8, 4) is 62.1 Å². The molecule has 2 heterocycles. The minimum Gasteiger partial charge on any atom is -0.309 e. The summed E-state index contributed by atoms with van der Waals surface area (Å²) < 4.78 is 2.46. The van der Waals surface area contributed by atoms with Crippen molar-refractivity contribution in [2.24, 2.45) is 0 Å². The lowest BCUT2D eigenvalue weighted by Gasteiger charge is -2.20. The Morgan fingerprint density at radius 3 is 1.57 bits per heavy atom. The molecule has 61 heavy (non-hydrogen) atoms. The summed E-state index contributed by atoms with van der Waals surface area (Å²) in [6, 6.07) is 77.8. The van der Waals surface area contributed by atoms with Gasteiger partial charge >= 0.3 is 0 Å². The van der Waals surface area contributed by atoms with Gasteiger partial charge in [-0.2, -0.15) is 0 Å². The highest BCUT2D eigenvalue weighted by Crippen LogP contribution is 2.45. The van der Waals surface area contributed by atoms with Gasteiger partial charge in [0.2, 0.25) is 0 Å². The molecule has 284 valence electrons. The van der Waals surface area contributed by atoms with E-state index in [0.29, 0.717) is 17.5 Å². The normalized spacial score (nSPS) is 11.6. The van der Waals surface area contributed by atoms with E-state index in [2.05, 4.69) is 205 Å². The summed E-state index contributed by atoms with van der Waals surface area (Å²) in [4.78, 5) is 16.0. The summed E-state index contributed by atoms with van der Waals surface area (Å²) in [5.74, 6) is 1.86. The van der Waals surface area contributed by atoms with Crippen LogP contribution in [0.25, 0.3) is 116 Å². The van der Waals surface area contributed by atoms with Gasteiger partial charge < -0.3 is 4.57 Å². The van der Waals surface area contributed by atoms with Crippen molar-refractivity contribution in [2.75, 3.05) is 0 Å². The van der Waals surface area contributed by atoms with Gasteiger partial charge in [-0.05, 0) is 85.6 Å². The van der Waals surface area contributed by atoms with E-state index in [1.807, 2.05) is 18.2 Å². The summed E-state index contributed by atoms with van der Waals surface area (Å²) in [6.07, 6.45) is 0. The van der Waals surface area contributed by atoms with Crippen LogP contribution in [0.15, 0.2) is 218 Å². The molecule has 0 saturated heterocycles. The Morgan fingerprint density at radius 1 is 0.279 bits per heavy atom. The number of benzene rings is 10. The number of rotatable bonds is 6. The summed E-state index contributed by atoms with van der Waals surface area (Å²) in [7, 11) is 0. The molecule has 12 aromatic rings. The molecule has 0 saturated carbocycles. The topological polar surface area (TPSA) is 43.6 Å². The molecule has 10 aromatic carbocycles. The molecule has 0 aliphatic carbocycles. The quantitative estimate of drug-likeness (QED) is 0.169. The number of fused-ring (bicyclic) bond motifs is 6. The van der Waals surface area contributed by atoms with Crippen LogP contribution in [-0.2, 0) is 0 Å². The van der Waals surface area contributed by atoms with Gasteiger partial charge in [-0.3, -0.25) is 0 Å². The van der Waals surface area contributed by atoms with E-state index in [9.17, 15) is 0 Å². The molecule has 0 spiro atoms. The molecule has 0 atom stereocenters. The summed E-state index contributed by atoms with van der Waals surface area (Å²) in [5, 5.41) is 9.32. The van der Waals surface area contributed by atoms with E-state index in [0.717, 1.165) is 71.8 Å². The fourth-order valence-corrected chi connectivity index (χ4v) is 9.06. The second kappa shape index (κ2) is 14.3. The molecule has 0 radical (unpaired) electrons. The van der Waals surface area contributed by atoms with Crippen molar-refractivity contribution in [1.29, 1.82) is 0 Å². The highest BCUT2D eigenvalue weighted by atomic mass is 15.0. The van der Waals surface area contributed by atoms with Crippen molar-refractivity contribution in [1.82, 2.24) is 19.5 Å². The van der Waals surface area contributed by atoms with Gasteiger partial charge in [0.1, 0.15) is 0 Å². The molecule has 0 aliphatic rings. The van der Waals surface area contributed by atoms with Gasteiger partial charge in [0, 0.05) is 32.8 Å². The van der Waals surface area contributed by atoms with E-state index < -0.39 is 0 Å². The number of hydrogen-bond acceptors (Lipinski definition) is 3. The molecular formula is C57H36N4. The number of nitrogens with zero attached hydrogens (tertiary/aromatic N) is 4. The van der Waals surface area contributed by atoms with Crippen LogP contribution in [0.1, 0.15) is 0 Å². The van der Waals surface area contributed by atoms with Crippen molar-refractivity contribution in [2.45, 2.75) is 0 Å².